The van der Waals surface area contributed by atoms with Gasteiger partial charge in [0.2, 0.25) is 15.9 Å². The standard InChI is InChI=1S/C23H28ClFN4O4S/c1-14-20(23(31)28-9-3-4-10-28)21(15(2)26-14)34(32,33)29-11-7-16(8-12-29)22(30)27-17-5-6-19(25)18(24)13-17/h5-6,13,16,26H,3-4,7-12H2,1-2H3,(H,27,30). The van der Waals surface area contributed by atoms with Gasteiger partial charge in [0.05, 0.1) is 10.6 Å². The van der Waals surface area contributed by atoms with E-state index in [1.54, 1.807) is 18.7 Å². The van der Waals surface area contributed by atoms with Crippen LogP contribution in [0.25, 0.3) is 0 Å². The number of hydrogen-bond acceptors (Lipinski definition) is 4. The molecule has 0 atom stereocenters. The number of nitrogens with zero attached hydrogens (tertiary/aromatic N) is 2. The number of hydrogen-bond donors (Lipinski definition) is 2. The van der Waals surface area contributed by atoms with E-state index in [2.05, 4.69) is 10.3 Å². The molecule has 8 nitrogen and oxygen atoms in total. The molecule has 2 amide bonds. The molecule has 1 aromatic heterocycles. The Morgan fingerprint density at radius 2 is 1.74 bits per heavy atom. The van der Waals surface area contributed by atoms with Gasteiger partial charge >= 0.3 is 0 Å². The van der Waals surface area contributed by atoms with Crippen molar-refractivity contribution in [3.05, 3.63) is 46.0 Å². The molecule has 0 unspecified atom stereocenters. The molecule has 1 aromatic carbocycles. The molecule has 0 saturated carbocycles. The second-order valence-electron chi connectivity index (χ2n) is 8.87. The highest BCUT2D eigenvalue weighted by Gasteiger charge is 2.38. The third kappa shape index (κ3) is 4.71. The van der Waals surface area contributed by atoms with Crippen molar-refractivity contribution < 1.29 is 22.4 Å². The molecule has 4 rings (SSSR count). The fraction of sp³-hybridized carbons (Fsp3) is 0.478. The summed E-state index contributed by atoms with van der Waals surface area (Å²) < 4.78 is 41.9. The Hall–Kier alpha value is -2.43. The predicted molar refractivity (Wildman–Crippen MR) is 127 cm³/mol. The van der Waals surface area contributed by atoms with Crippen LogP contribution >= 0.6 is 11.6 Å². The molecule has 0 spiro atoms. The van der Waals surface area contributed by atoms with Crippen LogP contribution < -0.4 is 5.32 Å². The first kappa shape index (κ1) is 24.7. The van der Waals surface area contributed by atoms with Gasteiger partial charge in [0.15, 0.2) is 0 Å². The number of aromatic amines is 1. The zero-order valence-corrected chi connectivity index (χ0v) is 20.7. The first-order valence-corrected chi connectivity index (χ1v) is 13.2. The van der Waals surface area contributed by atoms with Gasteiger partial charge in [0, 0.05) is 49.2 Å². The Labute approximate surface area is 203 Å². The number of piperidine rings is 1. The van der Waals surface area contributed by atoms with Crippen LogP contribution in [0.4, 0.5) is 10.1 Å². The smallest absolute Gasteiger partial charge is 0.257 e. The summed E-state index contributed by atoms with van der Waals surface area (Å²) in [7, 11) is -3.93. The van der Waals surface area contributed by atoms with Crippen LogP contribution in [-0.4, -0.2) is 60.6 Å². The largest absolute Gasteiger partial charge is 0.361 e. The van der Waals surface area contributed by atoms with Crippen molar-refractivity contribution in [1.29, 1.82) is 0 Å². The summed E-state index contributed by atoms with van der Waals surface area (Å²) in [5, 5.41) is 2.63. The second kappa shape index (κ2) is 9.67. The lowest BCUT2D eigenvalue weighted by molar-refractivity contribution is -0.120. The number of aromatic nitrogens is 1. The number of sulfonamides is 1. The number of carbonyl (C=O) groups excluding carboxylic acids is 2. The van der Waals surface area contributed by atoms with Crippen molar-refractivity contribution in [2.45, 2.75) is 44.4 Å². The van der Waals surface area contributed by atoms with Crippen molar-refractivity contribution in [1.82, 2.24) is 14.2 Å². The predicted octanol–water partition coefficient (Wildman–Crippen LogP) is 3.70. The molecule has 2 aliphatic rings. The highest BCUT2D eigenvalue weighted by atomic mass is 35.5. The molecule has 184 valence electrons. The van der Waals surface area contributed by atoms with E-state index in [4.69, 9.17) is 11.6 Å². The van der Waals surface area contributed by atoms with Gasteiger partial charge in [-0.15, -0.1) is 0 Å². The van der Waals surface area contributed by atoms with E-state index >= 15 is 0 Å². The van der Waals surface area contributed by atoms with E-state index in [1.165, 1.54) is 22.5 Å². The Balaban J connectivity index is 1.47. The Morgan fingerprint density at radius 1 is 1.09 bits per heavy atom. The van der Waals surface area contributed by atoms with Crippen molar-refractivity contribution >= 4 is 39.1 Å². The number of likely N-dealkylation sites (tertiary alicyclic amines) is 1. The van der Waals surface area contributed by atoms with Crippen LogP contribution in [0, 0.1) is 25.6 Å². The molecule has 2 N–H and O–H groups in total. The van der Waals surface area contributed by atoms with E-state index in [9.17, 15) is 22.4 Å². The van der Waals surface area contributed by atoms with Crippen molar-refractivity contribution in [3.8, 4) is 0 Å². The number of nitrogens with one attached hydrogen (secondary N) is 2. The summed E-state index contributed by atoms with van der Waals surface area (Å²) in [5.74, 6) is -1.49. The van der Waals surface area contributed by atoms with E-state index in [1.807, 2.05) is 0 Å². The first-order chi connectivity index (χ1) is 16.1. The lowest BCUT2D eigenvalue weighted by Gasteiger charge is -2.31. The minimum atomic E-state index is -3.93. The topological polar surface area (TPSA) is 103 Å². The number of anilines is 1. The zero-order chi connectivity index (χ0) is 24.6. The van der Waals surface area contributed by atoms with E-state index in [0.29, 0.717) is 43.0 Å². The van der Waals surface area contributed by atoms with Gasteiger partial charge in [-0.3, -0.25) is 9.59 Å². The molecule has 2 saturated heterocycles. The van der Waals surface area contributed by atoms with E-state index < -0.39 is 21.8 Å². The minimum absolute atomic E-state index is 0.0331. The van der Waals surface area contributed by atoms with Gasteiger partial charge in [-0.05, 0) is 57.7 Å². The fourth-order valence-electron chi connectivity index (χ4n) is 4.72. The summed E-state index contributed by atoms with van der Waals surface area (Å²) in [4.78, 5) is 30.6. The lowest BCUT2D eigenvalue weighted by atomic mass is 9.97. The molecular weight excluding hydrogens is 483 g/mol. The normalized spacial score (nSPS) is 17.8. The molecule has 2 aromatic rings. The van der Waals surface area contributed by atoms with E-state index in [0.717, 1.165) is 12.8 Å². The number of aryl methyl sites for hydroxylation is 2. The fourth-order valence-corrected chi connectivity index (χ4v) is 6.79. The minimum Gasteiger partial charge on any atom is -0.361 e. The maximum Gasteiger partial charge on any atom is 0.257 e. The Morgan fingerprint density at radius 3 is 2.35 bits per heavy atom. The van der Waals surface area contributed by atoms with Crippen molar-refractivity contribution in [3.63, 3.8) is 0 Å². The summed E-state index contributed by atoms with van der Waals surface area (Å²) in [6.45, 7) is 4.95. The van der Waals surface area contributed by atoms with E-state index in [-0.39, 0.29) is 40.4 Å². The maximum atomic E-state index is 13.6. The third-order valence-electron chi connectivity index (χ3n) is 6.53. The van der Waals surface area contributed by atoms with Crippen LogP contribution in [-0.2, 0) is 14.8 Å². The van der Waals surface area contributed by atoms with Crippen LogP contribution in [0.1, 0.15) is 47.4 Å². The molecule has 34 heavy (non-hydrogen) atoms. The molecule has 0 radical (unpaired) electrons. The molecule has 11 heteroatoms. The van der Waals surface area contributed by atoms with Crippen LogP contribution in [0.5, 0.6) is 0 Å². The van der Waals surface area contributed by atoms with Crippen molar-refractivity contribution in [2.24, 2.45) is 5.92 Å². The summed E-state index contributed by atoms with van der Waals surface area (Å²) in [6.07, 6.45) is 2.49. The number of amides is 2. The molecular formula is C23H28ClFN4O4S. The summed E-state index contributed by atoms with van der Waals surface area (Å²) in [6, 6.07) is 3.94. The Bertz CT molecular complexity index is 1220. The second-order valence-corrected chi connectivity index (χ2v) is 11.2. The van der Waals surface area contributed by atoms with Gasteiger partial charge in [0.25, 0.3) is 5.91 Å². The molecule has 3 heterocycles. The number of carbonyl (C=O) groups is 2. The molecule has 0 aliphatic carbocycles. The van der Waals surface area contributed by atoms with Crippen molar-refractivity contribution in [2.75, 3.05) is 31.5 Å². The highest BCUT2D eigenvalue weighted by Crippen LogP contribution is 2.32. The van der Waals surface area contributed by atoms with Crippen LogP contribution in [0.3, 0.4) is 0 Å². The summed E-state index contributed by atoms with van der Waals surface area (Å²) in [5.41, 5.74) is 1.58. The van der Waals surface area contributed by atoms with Gasteiger partial charge in [0.1, 0.15) is 10.7 Å². The molecule has 0 bridgehead atoms. The van der Waals surface area contributed by atoms with Crippen LogP contribution in [0.15, 0.2) is 23.1 Å². The van der Waals surface area contributed by atoms with Gasteiger partial charge in [-0.1, -0.05) is 11.6 Å². The van der Waals surface area contributed by atoms with Gasteiger partial charge in [-0.25, -0.2) is 12.8 Å². The van der Waals surface area contributed by atoms with Crippen LogP contribution in [0.2, 0.25) is 5.02 Å². The number of halogens is 2. The summed E-state index contributed by atoms with van der Waals surface area (Å²) >= 11 is 5.77. The van der Waals surface area contributed by atoms with Gasteiger partial charge < -0.3 is 15.2 Å². The first-order valence-electron chi connectivity index (χ1n) is 11.3. The number of rotatable bonds is 5. The zero-order valence-electron chi connectivity index (χ0n) is 19.2. The maximum absolute atomic E-state index is 13.6. The average molecular weight is 511 g/mol. The lowest BCUT2D eigenvalue weighted by Crippen LogP contribution is -2.42. The highest BCUT2D eigenvalue weighted by molar-refractivity contribution is 7.89. The van der Waals surface area contributed by atoms with Gasteiger partial charge in [-0.2, -0.15) is 4.31 Å². The molecule has 2 aliphatic heterocycles. The number of benzene rings is 1. The SMILES string of the molecule is Cc1[nH]c(C)c(S(=O)(=O)N2CCC(C(=O)Nc3ccc(F)c(Cl)c3)CC2)c1C(=O)N1CCCC1. The monoisotopic (exact) mass is 510 g/mol. The average Bonchev–Trinajstić information content (AvgIpc) is 3.44. The Kier molecular flexibility index (Phi) is 7.02. The molecule has 2 fully saturated rings. The quantitative estimate of drug-likeness (QED) is 0.640. The third-order valence-corrected chi connectivity index (χ3v) is 8.90. The number of H-pyrrole nitrogens is 1.